The molecule has 0 atom stereocenters. The van der Waals surface area contributed by atoms with Crippen molar-refractivity contribution in [1.82, 2.24) is 0 Å². The van der Waals surface area contributed by atoms with Gasteiger partial charge in [0.25, 0.3) is 15.9 Å². The van der Waals surface area contributed by atoms with Crippen molar-refractivity contribution in [2.24, 2.45) is 0 Å². The first-order valence-corrected chi connectivity index (χ1v) is 10.3. The lowest BCUT2D eigenvalue weighted by molar-refractivity contribution is 0.0993. The van der Waals surface area contributed by atoms with Crippen molar-refractivity contribution in [1.29, 1.82) is 0 Å². The van der Waals surface area contributed by atoms with Gasteiger partial charge < -0.3 is 4.90 Å². The molecule has 3 aromatic carbocycles. The zero-order valence-corrected chi connectivity index (χ0v) is 17.0. The van der Waals surface area contributed by atoms with Crippen molar-refractivity contribution in [3.8, 4) is 0 Å². The maximum Gasteiger partial charge on any atom is 0.264 e. The van der Waals surface area contributed by atoms with E-state index in [2.05, 4.69) is 0 Å². The topological polar surface area (TPSA) is 57.7 Å². The largest absolute Gasteiger partial charge is 0.311 e. The number of benzene rings is 3. The Kier molecular flexibility index (Phi) is 5.72. The van der Waals surface area contributed by atoms with Crippen LogP contribution in [0.1, 0.15) is 10.4 Å². The van der Waals surface area contributed by atoms with E-state index in [1.54, 1.807) is 36.2 Å². The van der Waals surface area contributed by atoms with Crippen molar-refractivity contribution in [2.45, 2.75) is 4.90 Å². The molecule has 1 amide bonds. The molecule has 0 aliphatic rings. The first-order chi connectivity index (χ1) is 13.3. The lowest BCUT2D eigenvalue weighted by atomic mass is 10.1. The smallest absolute Gasteiger partial charge is 0.264 e. The highest BCUT2D eigenvalue weighted by molar-refractivity contribution is 7.92. The number of amides is 1. The van der Waals surface area contributed by atoms with Gasteiger partial charge in [0.15, 0.2) is 0 Å². The molecule has 0 heterocycles. The van der Waals surface area contributed by atoms with Gasteiger partial charge in [-0.25, -0.2) is 8.42 Å². The summed E-state index contributed by atoms with van der Waals surface area (Å²) in [7, 11) is -0.556. The Morgan fingerprint density at radius 3 is 1.93 bits per heavy atom. The molecule has 0 unspecified atom stereocenters. The van der Waals surface area contributed by atoms with Crippen LogP contribution >= 0.6 is 11.6 Å². The van der Waals surface area contributed by atoms with E-state index in [0.717, 1.165) is 5.69 Å². The van der Waals surface area contributed by atoms with Crippen molar-refractivity contribution in [3.63, 3.8) is 0 Å². The molecule has 0 aromatic heterocycles. The Morgan fingerprint density at radius 1 is 0.786 bits per heavy atom. The molecule has 0 aliphatic heterocycles. The second-order valence-corrected chi connectivity index (χ2v) is 8.58. The third-order valence-corrected chi connectivity index (χ3v) is 6.45. The average molecular weight is 415 g/mol. The van der Waals surface area contributed by atoms with Crippen LogP contribution in [0.5, 0.6) is 0 Å². The monoisotopic (exact) mass is 414 g/mol. The zero-order chi connectivity index (χ0) is 20.3. The Morgan fingerprint density at radius 2 is 1.36 bits per heavy atom. The molecule has 144 valence electrons. The molecule has 0 aliphatic carbocycles. The number of carbonyl (C=O) groups is 1. The summed E-state index contributed by atoms with van der Waals surface area (Å²) in [4.78, 5) is 14.3. The van der Waals surface area contributed by atoms with Crippen LogP contribution in [0.4, 0.5) is 11.4 Å². The molecule has 0 fully saturated rings. The molecule has 0 radical (unpaired) electrons. The van der Waals surface area contributed by atoms with Gasteiger partial charge in [-0.3, -0.25) is 9.10 Å². The average Bonchev–Trinajstić information content (AvgIpc) is 2.73. The lowest BCUT2D eigenvalue weighted by Crippen LogP contribution is -2.27. The van der Waals surface area contributed by atoms with E-state index in [0.29, 0.717) is 16.3 Å². The van der Waals surface area contributed by atoms with E-state index in [1.807, 2.05) is 30.3 Å². The number of carbonyl (C=O) groups excluding carboxylic acids is 1. The predicted octanol–water partition coefficient (Wildman–Crippen LogP) is 4.44. The van der Waals surface area contributed by atoms with Gasteiger partial charge in [-0.05, 0) is 60.7 Å². The standard InChI is InChI=1S/C21H19ClN2O3S/c1-23(18-6-4-3-5-7-18)21(25)16-8-12-19(13-9-16)24(2)28(26,27)20-14-10-17(22)11-15-20/h3-15H,1-2H3. The van der Waals surface area contributed by atoms with Gasteiger partial charge in [-0.15, -0.1) is 0 Å². The van der Waals surface area contributed by atoms with E-state index in [9.17, 15) is 13.2 Å². The summed E-state index contributed by atoms with van der Waals surface area (Å²) >= 11 is 5.83. The molecule has 28 heavy (non-hydrogen) atoms. The van der Waals surface area contributed by atoms with E-state index in [-0.39, 0.29) is 10.8 Å². The molecular formula is C21H19ClN2O3S. The van der Waals surface area contributed by atoms with E-state index in [1.165, 1.54) is 35.6 Å². The van der Waals surface area contributed by atoms with Crippen LogP contribution in [-0.4, -0.2) is 28.4 Å². The zero-order valence-electron chi connectivity index (χ0n) is 15.4. The molecule has 0 bridgehead atoms. The van der Waals surface area contributed by atoms with Crippen LogP contribution in [0.15, 0.2) is 83.8 Å². The second-order valence-electron chi connectivity index (χ2n) is 6.17. The fourth-order valence-corrected chi connectivity index (χ4v) is 4.00. The molecule has 0 spiro atoms. The number of halogens is 1. The van der Waals surface area contributed by atoms with Crippen molar-refractivity contribution in [3.05, 3.63) is 89.4 Å². The van der Waals surface area contributed by atoms with Crippen LogP contribution in [0, 0.1) is 0 Å². The number of nitrogens with zero attached hydrogens (tertiary/aromatic N) is 2. The van der Waals surface area contributed by atoms with Gasteiger partial charge in [-0.2, -0.15) is 0 Å². The summed E-state index contributed by atoms with van der Waals surface area (Å²) < 4.78 is 26.7. The third kappa shape index (κ3) is 4.03. The van der Waals surface area contributed by atoms with Crippen LogP contribution in [-0.2, 0) is 10.0 Å². The number of anilines is 2. The minimum atomic E-state index is -3.72. The van der Waals surface area contributed by atoms with Crippen LogP contribution in [0.3, 0.4) is 0 Å². The van der Waals surface area contributed by atoms with E-state index >= 15 is 0 Å². The molecule has 0 saturated carbocycles. The van der Waals surface area contributed by atoms with Crippen LogP contribution in [0.25, 0.3) is 0 Å². The molecule has 0 saturated heterocycles. The van der Waals surface area contributed by atoms with E-state index < -0.39 is 10.0 Å². The Labute approximate surface area is 169 Å². The Balaban J connectivity index is 1.82. The summed E-state index contributed by atoms with van der Waals surface area (Å²) in [5, 5.41) is 0.465. The highest BCUT2D eigenvalue weighted by Gasteiger charge is 2.22. The SMILES string of the molecule is CN(C(=O)c1ccc(N(C)S(=O)(=O)c2ccc(Cl)cc2)cc1)c1ccccc1. The van der Waals surface area contributed by atoms with Gasteiger partial charge in [0.2, 0.25) is 0 Å². The van der Waals surface area contributed by atoms with Gasteiger partial charge in [0.1, 0.15) is 0 Å². The Bertz CT molecular complexity index is 1070. The van der Waals surface area contributed by atoms with Gasteiger partial charge in [0, 0.05) is 30.4 Å². The van der Waals surface area contributed by atoms with Gasteiger partial charge in [-0.1, -0.05) is 29.8 Å². The molecule has 3 aromatic rings. The first-order valence-electron chi connectivity index (χ1n) is 8.48. The first kappa shape index (κ1) is 19.9. The van der Waals surface area contributed by atoms with Gasteiger partial charge >= 0.3 is 0 Å². The molecule has 7 heteroatoms. The normalized spacial score (nSPS) is 11.1. The number of sulfonamides is 1. The Hall–Kier alpha value is -2.83. The predicted molar refractivity (Wildman–Crippen MR) is 113 cm³/mol. The number of hydrogen-bond donors (Lipinski definition) is 0. The van der Waals surface area contributed by atoms with Crippen LogP contribution < -0.4 is 9.21 Å². The number of hydrogen-bond acceptors (Lipinski definition) is 3. The highest BCUT2D eigenvalue weighted by Crippen LogP contribution is 2.24. The quantitative estimate of drug-likeness (QED) is 0.620. The highest BCUT2D eigenvalue weighted by atomic mass is 35.5. The number of para-hydroxylation sites is 1. The molecule has 3 rings (SSSR count). The van der Waals surface area contributed by atoms with Crippen molar-refractivity contribution >= 4 is 38.9 Å². The molecular weight excluding hydrogens is 396 g/mol. The maximum atomic E-state index is 12.8. The second kappa shape index (κ2) is 8.04. The van der Waals surface area contributed by atoms with Crippen LogP contribution in [0.2, 0.25) is 5.02 Å². The van der Waals surface area contributed by atoms with Crippen molar-refractivity contribution < 1.29 is 13.2 Å². The lowest BCUT2D eigenvalue weighted by Gasteiger charge is -2.21. The summed E-state index contributed by atoms with van der Waals surface area (Å²) in [6, 6.07) is 21.7. The third-order valence-electron chi connectivity index (χ3n) is 4.40. The van der Waals surface area contributed by atoms with Crippen molar-refractivity contribution in [2.75, 3.05) is 23.3 Å². The summed E-state index contributed by atoms with van der Waals surface area (Å²) in [6.07, 6.45) is 0. The maximum absolute atomic E-state index is 12.8. The minimum Gasteiger partial charge on any atom is -0.311 e. The summed E-state index contributed by atoms with van der Waals surface area (Å²) in [6.45, 7) is 0. The minimum absolute atomic E-state index is 0.142. The summed E-state index contributed by atoms with van der Waals surface area (Å²) in [5.41, 5.74) is 1.69. The summed E-state index contributed by atoms with van der Waals surface area (Å²) in [5.74, 6) is -0.180. The van der Waals surface area contributed by atoms with E-state index in [4.69, 9.17) is 11.6 Å². The fourth-order valence-electron chi connectivity index (χ4n) is 2.68. The fraction of sp³-hybridized carbons (Fsp3) is 0.0952. The number of rotatable bonds is 5. The molecule has 5 nitrogen and oxygen atoms in total. The molecule has 0 N–H and O–H groups in total. The van der Waals surface area contributed by atoms with Gasteiger partial charge in [0.05, 0.1) is 10.6 Å².